The van der Waals surface area contributed by atoms with E-state index in [0.29, 0.717) is 24.4 Å². The van der Waals surface area contributed by atoms with Crippen molar-refractivity contribution in [3.05, 3.63) is 30.1 Å². The smallest absolute Gasteiger partial charge is 0.236 e. The van der Waals surface area contributed by atoms with Gasteiger partial charge in [-0.15, -0.1) is 0 Å². The number of carbonyl (C=O) groups is 1. The van der Waals surface area contributed by atoms with Gasteiger partial charge >= 0.3 is 0 Å². The second-order valence-corrected chi connectivity index (χ2v) is 7.74. The molecule has 0 radical (unpaired) electrons. The van der Waals surface area contributed by atoms with Gasteiger partial charge in [-0.2, -0.15) is 0 Å². The van der Waals surface area contributed by atoms with Crippen LogP contribution in [0.2, 0.25) is 0 Å². The van der Waals surface area contributed by atoms with E-state index < -0.39 is 0 Å². The van der Waals surface area contributed by atoms with E-state index in [4.69, 9.17) is 0 Å². The van der Waals surface area contributed by atoms with E-state index in [1.165, 1.54) is 24.8 Å². The highest BCUT2D eigenvalue weighted by molar-refractivity contribution is 5.78. The first-order chi connectivity index (χ1) is 11.5. The van der Waals surface area contributed by atoms with Gasteiger partial charge in [0, 0.05) is 38.1 Å². The van der Waals surface area contributed by atoms with Crippen molar-refractivity contribution in [2.75, 3.05) is 40.8 Å². The summed E-state index contributed by atoms with van der Waals surface area (Å²) in [4.78, 5) is 23.2. The van der Waals surface area contributed by atoms with Crippen molar-refractivity contribution < 1.29 is 4.79 Å². The highest BCUT2D eigenvalue weighted by Crippen LogP contribution is 2.38. The molecule has 1 aromatic heterocycles. The van der Waals surface area contributed by atoms with Crippen LogP contribution in [0.3, 0.4) is 0 Å². The summed E-state index contributed by atoms with van der Waals surface area (Å²) in [6.45, 7) is 3.34. The van der Waals surface area contributed by atoms with Gasteiger partial charge in [-0.05, 0) is 57.5 Å². The number of likely N-dealkylation sites (N-methyl/N-ethyl adjacent to an activating group) is 1. The normalized spacial score (nSPS) is 26.9. The first-order valence-corrected chi connectivity index (χ1v) is 9.06. The minimum absolute atomic E-state index is 0.281. The van der Waals surface area contributed by atoms with E-state index in [1.54, 1.807) is 0 Å². The number of aromatic nitrogens is 1. The number of hydrogen-bond donors (Lipinski definition) is 0. The number of nitrogens with zero attached hydrogens (tertiary/aromatic N) is 4. The molecule has 1 saturated carbocycles. The highest BCUT2D eigenvalue weighted by Gasteiger charge is 2.42. The molecule has 24 heavy (non-hydrogen) atoms. The number of pyridine rings is 1. The van der Waals surface area contributed by atoms with Crippen LogP contribution in [0.4, 0.5) is 0 Å². The molecule has 0 spiro atoms. The fourth-order valence-corrected chi connectivity index (χ4v) is 4.46. The lowest BCUT2D eigenvalue weighted by molar-refractivity contribution is -0.131. The molecule has 3 rings (SSSR count). The highest BCUT2D eigenvalue weighted by atomic mass is 16.2. The maximum absolute atomic E-state index is 12.4. The summed E-state index contributed by atoms with van der Waals surface area (Å²) in [6.07, 6.45) is 7.57. The third-order valence-electron chi connectivity index (χ3n) is 5.59. The van der Waals surface area contributed by atoms with Crippen molar-refractivity contribution >= 4 is 5.91 Å². The predicted octanol–water partition coefficient (Wildman–Crippen LogP) is 1.70. The Morgan fingerprint density at radius 2 is 2.12 bits per heavy atom. The lowest BCUT2D eigenvalue weighted by atomic mass is 9.77. The Hall–Kier alpha value is -1.46. The zero-order valence-electron chi connectivity index (χ0n) is 15.2. The summed E-state index contributed by atoms with van der Waals surface area (Å²) in [5.74, 6) is 1.57. The Balaban J connectivity index is 1.64. The van der Waals surface area contributed by atoms with Crippen LogP contribution in [0.5, 0.6) is 0 Å². The number of likely N-dealkylation sites (tertiary alicyclic amines) is 1. The molecular formula is C19H30N4O. The third-order valence-corrected chi connectivity index (χ3v) is 5.59. The minimum Gasteiger partial charge on any atom is -0.341 e. The molecule has 0 bridgehead atoms. The van der Waals surface area contributed by atoms with Crippen LogP contribution in [0, 0.1) is 11.8 Å². The van der Waals surface area contributed by atoms with Crippen LogP contribution >= 0.6 is 0 Å². The Morgan fingerprint density at radius 1 is 1.29 bits per heavy atom. The number of rotatable bonds is 5. The molecule has 3 atom stereocenters. The molecule has 2 aliphatic rings. The lowest BCUT2D eigenvalue weighted by Gasteiger charge is -2.39. The van der Waals surface area contributed by atoms with E-state index in [-0.39, 0.29) is 5.91 Å². The zero-order valence-corrected chi connectivity index (χ0v) is 15.2. The molecule has 5 nitrogen and oxygen atoms in total. The van der Waals surface area contributed by atoms with E-state index in [0.717, 1.165) is 19.6 Å². The molecular weight excluding hydrogens is 300 g/mol. The van der Waals surface area contributed by atoms with Gasteiger partial charge in [0.15, 0.2) is 0 Å². The third kappa shape index (κ3) is 3.95. The van der Waals surface area contributed by atoms with Gasteiger partial charge < -0.3 is 9.80 Å². The summed E-state index contributed by atoms with van der Waals surface area (Å²) in [5.41, 5.74) is 1.26. The van der Waals surface area contributed by atoms with Crippen molar-refractivity contribution in [1.82, 2.24) is 19.7 Å². The van der Waals surface area contributed by atoms with Crippen LogP contribution in [0.15, 0.2) is 24.5 Å². The maximum atomic E-state index is 12.4. The average molecular weight is 330 g/mol. The van der Waals surface area contributed by atoms with Gasteiger partial charge in [-0.3, -0.25) is 14.7 Å². The SMILES string of the molecule is CN(C)CC(=O)N1C[C@H]2CCC[C@H](N(C)Cc3cccnc3)[C@H]2C1. The van der Waals surface area contributed by atoms with Crippen LogP contribution in [-0.2, 0) is 11.3 Å². The fraction of sp³-hybridized carbons (Fsp3) is 0.684. The molecule has 1 aliphatic heterocycles. The summed E-state index contributed by atoms with van der Waals surface area (Å²) >= 11 is 0. The summed E-state index contributed by atoms with van der Waals surface area (Å²) < 4.78 is 0. The largest absolute Gasteiger partial charge is 0.341 e. The van der Waals surface area contributed by atoms with Gasteiger partial charge in [-0.25, -0.2) is 0 Å². The zero-order chi connectivity index (χ0) is 17.1. The first kappa shape index (κ1) is 17.4. The van der Waals surface area contributed by atoms with E-state index >= 15 is 0 Å². The molecule has 1 aliphatic carbocycles. The summed E-state index contributed by atoms with van der Waals surface area (Å²) in [7, 11) is 6.15. The molecule has 2 heterocycles. The Labute approximate surface area is 145 Å². The minimum atomic E-state index is 0.281. The van der Waals surface area contributed by atoms with Crippen LogP contribution < -0.4 is 0 Å². The van der Waals surface area contributed by atoms with Gasteiger partial charge in [0.05, 0.1) is 6.54 Å². The molecule has 1 saturated heterocycles. The molecule has 132 valence electrons. The average Bonchev–Trinajstić information content (AvgIpc) is 2.99. The van der Waals surface area contributed by atoms with Crippen LogP contribution in [-0.4, -0.2) is 72.4 Å². The van der Waals surface area contributed by atoms with Crippen molar-refractivity contribution in [1.29, 1.82) is 0 Å². The summed E-state index contributed by atoms with van der Waals surface area (Å²) in [5, 5.41) is 0. The molecule has 0 N–H and O–H groups in total. The number of carbonyl (C=O) groups excluding carboxylic acids is 1. The lowest BCUT2D eigenvalue weighted by Crippen LogP contribution is -2.43. The summed E-state index contributed by atoms with van der Waals surface area (Å²) in [6, 6.07) is 4.72. The van der Waals surface area contributed by atoms with Crippen molar-refractivity contribution in [3.8, 4) is 0 Å². The topological polar surface area (TPSA) is 39.7 Å². The predicted molar refractivity (Wildman–Crippen MR) is 95.5 cm³/mol. The monoisotopic (exact) mass is 330 g/mol. The van der Waals surface area contributed by atoms with Gasteiger partial charge in [0.2, 0.25) is 5.91 Å². The van der Waals surface area contributed by atoms with E-state index in [9.17, 15) is 4.79 Å². The Kier molecular flexibility index (Phi) is 5.51. The van der Waals surface area contributed by atoms with Crippen molar-refractivity contribution in [2.24, 2.45) is 11.8 Å². The van der Waals surface area contributed by atoms with E-state index in [2.05, 4.69) is 27.9 Å². The number of fused-ring (bicyclic) bond motifs is 1. The second kappa shape index (κ2) is 7.62. The number of amides is 1. The van der Waals surface area contributed by atoms with Crippen LogP contribution in [0.25, 0.3) is 0 Å². The molecule has 5 heteroatoms. The molecule has 2 fully saturated rings. The van der Waals surface area contributed by atoms with Gasteiger partial charge in [0.25, 0.3) is 0 Å². The van der Waals surface area contributed by atoms with Crippen LogP contribution in [0.1, 0.15) is 24.8 Å². The standard InChI is InChI=1S/C19H30N4O/c1-21(2)14-19(24)23-12-16-7-4-8-18(17(16)13-23)22(3)11-15-6-5-9-20-10-15/h5-6,9-10,16-18H,4,7-8,11-14H2,1-3H3/t16-,17+,18+/m1/s1. The van der Waals surface area contributed by atoms with Gasteiger partial charge in [-0.1, -0.05) is 12.5 Å². The Morgan fingerprint density at radius 3 is 2.83 bits per heavy atom. The fourth-order valence-electron chi connectivity index (χ4n) is 4.46. The molecule has 1 amide bonds. The van der Waals surface area contributed by atoms with Crippen molar-refractivity contribution in [3.63, 3.8) is 0 Å². The second-order valence-electron chi connectivity index (χ2n) is 7.74. The van der Waals surface area contributed by atoms with Crippen molar-refractivity contribution in [2.45, 2.75) is 31.8 Å². The van der Waals surface area contributed by atoms with E-state index in [1.807, 2.05) is 37.5 Å². The Bertz CT molecular complexity index is 548. The molecule has 0 aromatic carbocycles. The molecule has 0 unspecified atom stereocenters. The maximum Gasteiger partial charge on any atom is 0.236 e. The molecule has 1 aromatic rings. The first-order valence-electron chi connectivity index (χ1n) is 9.06. The quantitative estimate of drug-likeness (QED) is 0.824. The van der Waals surface area contributed by atoms with Gasteiger partial charge in [0.1, 0.15) is 0 Å². The number of hydrogen-bond acceptors (Lipinski definition) is 4.